The molecule has 0 bridgehead atoms. The topological polar surface area (TPSA) is 60.9 Å². The third-order valence-electron chi connectivity index (χ3n) is 7.00. The van der Waals surface area contributed by atoms with E-state index in [0.717, 1.165) is 31.6 Å². The summed E-state index contributed by atoms with van der Waals surface area (Å²) in [6.07, 6.45) is 1.07. The summed E-state index contributed by atoms with van der Waals surface area (Å²) in [7, 11) is -3.54. The predicted octanol–water partition coefficient (Wildman–Crippen LogP) is 3.70. The van der Waals surface area contributed by atoms with Crippen molar-refractivity contribution in [2.45, 2.75) is 31.3 Å². The highest BCUT2D eigenvalue weighted by atomic mass is 32.2. The Kier molecular flexibility index (Phi) is 6.73. The number of carbonyl (C=O) groups excluding carboxylic acids is 1. The lowest BCUT2D eigenvalue weighted by molar-refractivity contribution is 0.0698. The molecule has 0 radical (unpaired) electrons. The lowest BCUT2D eigenvalue weighted by Crippen LogP contribution is -2.50. The zero-order valence-corrected chi connectivity index (χ0v) is 20.9. The maximum atomic E-state index is 13.0. The molecule has 0 aromatic heterocycles. The van der Waals surface area contributed by atoms with Gasteiger partial charge in [-0.2, -0.15) is 4.31 Å². The van der Waals surface area contributed by atoms with E-state index in [1.165, 1.54) is 21.0 Å². The molecule has 3 aromatic rings. The Labute approximate surface area is 207 Å². The van der Waals surface area contributed by atoms with Crippen molar-refractivity contribution in [1.82, 2.24) is 14.1 Å². The summed E-state index contributed by atoms with van der Waals surface area (Å²) in [4.78, 5) is 17.5. The van der Waals surface area contributed by atoms with Gasteiger partial charge in [0.25, 0.3) is 5.91 Å². The molecule has 5 rings (SSSR count). The SMILES string of the molecule is Cc1ccc(S(=O)(=O)N2CCN(C(=O)c3ccc(CN4CCc5ccccc5C4)cc3)CC2)cc1. The normalized spacial score (nSPS) is 17.2. The summed E-state index contributed by atoms with van der Waals surface area (Å²) in [5.74, 6) is -0.0455. The van der Waals surface area contributed by atoms with Crippen LogP contribution in [0.1, 0.15) is 32.6 Å². The maximum Gasteiger partial charge on any atom is 0.253 e. The van der Waals surface area contributed by atoms with Crippen molar-refractivity contribution >= 4 is 15.9 Å². The monoisotopic (exact) mass is 489 g/mol. The fourth-order valence-corrected chi connectivity index (χ4v) is 6.30. The van der Waals surface area contributed by atoms with Crippen molar-refractivity contribution in [1.29, 1.82) is 0 Å². The number of carbonyl (C=O) groups is 1. The molecule has 1 saturated heterocycles. The first kappa shape index (κ1) is 23.7. The van der Waals surface area contributed by atoms with Crippen molar-refractivity contribution in [3.05, 3.63) is 101 Å². The molecule has 6 nitrogen and oxygen atoms in total. The highest BCUT2D eigenvalue weighted by molar-refractivity contribution is 7.89. The highest BCUT2D eigenvalue weighted by Gasteiger charge is 2.30. The Balaban J connectivity index is 1.17. The summed E-state index contributed by atoms with van der Waals surface area (Å²) < 4.78 is 27.3. The van der Waals surface area contributed by atoms with Crippen LogP contribution in [0.2, 0.25) is 0 Å². The predicted molar refractivity (Wildman–Crippen MR) is 137 cm³/mol. The fourth-order valence-electron chi connectivity index (χ4n) is 4.87. The number of benzene rings is 3. The van der Waals surface area contributed by atoms with Gasteiger partial charge in [-0.15, -0.1) is 0 Å². The molecule has 2 heterocycles. The number of hydrogen-bond donors (Lipinski definition) is 0. The Morgan fingerprint density at radius 3 is 2.14 bits per heavy atom. The van der Waals surface area contributed by atoms with Crippen LogP contribution in [0.15, 0.2) is 77.7 Å². The van der Waals surface area contributed by atoms with Gasteiger partial charge in [-0.1, -0.05) is 54.1 Å². The van der Waals surface area contributed by atoms with Gasteiger partial charge in [0.05, 0.1) is 4.90 Å². The van der Waals surface area contributed by atoms with E-state index in [0.29, 0.717) is 36.6 Å². The minimum absolute atomic E-state index is 0.0455. The van der Waals surface area contributed by atoms with Crippen molar-refractivity contribution < 1.29 is 13.2 Å². The first-order valence-electron chi connectivity index (χ1n) is 12.1. The average molecular weight is 490 g/mol. The summed E-state index contributed by atoms with van der Waals surface area (Å²) >= 11 is 0. The van der Waals surface area contributed by atoms with Gasteiger partial charge in [0, 0.05) is 51.4 Å². The number of hydrogen-bond acceptors (Lipinski definition) is 4. The average Bonchev–Trinajstić information content (AvgIpc) is 2.89. The minimum atomic E-state index is -3.54. The van der Waals surface area contributed by atoms with Crippen LogP contribution in [-0.4, -0.2) is 61.2 Å². The van der Waals surface area contributed by atoms with E-state index in [2.05, 4.69) is 29.2 Å². The third kappa shape index (κ3) is 5.17. The number of sulfonamides is 1. The number of piperazine rings is 1. The molecule has 2 aliphatic heterocycles. The molecule has 1 fully saturated rings. The van der Waals surface area contributed by atoms with E-state index < -0.39 is 10.0 Å². The van der Waals surface area contributed by atoms with Gasteiger partial charge < -0.3 is 4.90 Å². The fraction of sp³-hybridized carbons (Fsp3) is 0.321. The zero-order valence-electron chi connectivity index (χ0n) is 20.1. The van der Waals surface area contributed by atoms with Crippen LogP contribution in [0.5, 0.6) is 0 Å². The van der Waals surface area contributed by atoms with Gasteiger partial charge in [-0.3, -0.25) is 9.69 Å². The van der Waals surface area contributed by atoms with Crippen LogP contribution in [0, 0.1) is 6.92 Å². The summed E-state index contributed by atoms with van der Waals surface area (Å²) in [5, 5.41) is 0. The van der Waals surface area contributed by atoms with Crippen LogP contribution in [0.3, 0.4) is 0 Å². The molecule has 0 N–H and O–H groups in total. The lowest BCUT2D eigenvalue weighted by atomic mass is 9.99. The molecule has 0 saturated carbocycles. The smallest absolute Gasteiger partial charge is 0.253 e. The van der Waals surface area contributed by atoms with Crippen LogP contribution in [0.25, 0.3) is 0 Å². The Hall–Kier alpha value is -3.00. The second-order valence-electron chi connectivity index (χ2n) is 9.44. The largest absolute Gasteiger partial charge is 0.336 e. The van der Waals surface area contributed by atoms with Gasteiger partial charge >= 0.3 is 0 Å². The number of amides is 1. The quantitative estimate of drug-likeness (QED) is 0.548. The van der Waals surface area contributed by atoms with Crippen LogP contribution in [-0.2, 0) is 29.5 Å². The molecular weight excluding hydrogens is 458 g/mol. The molecule has 182 valence electrons. The molecule has 0 spiro atoms. The van der Waals surface area contributed by atoms with Crippen LogP contribution >= 0.6 is 0 Å². The lowest BCUT2D eigenvalue weighted by Gasteiger charge is -2.34. The first-order chi connectivity index (χ1) is 16.9. The standard InChI is InChI=1S/C28H31N3O3S/c1-22-6-12-27(13-7-22)35(33,34)31-18-16-30(17-19-31)28(32)25-10-8-23(9-11-25)20-29-15-14-24-4-2-3-5-26(24)21-29/h2-13H,14-21H2,1H3. The van der Waals surface area contributed by atoms with E-state index in [1.54, 1.807) is 29.2 Å². The number of nitrogens with zero attached hydrogens (tertiary/aromatic N) is 3. The number of rotatable bonds is 5. The molecule has 3 aromatic carbocycles. The second kappa shape index (κ2) is 9.93. The van der Waals surface area contributed by atoms with E-state index >= 15 is 0 Å². The Morgan fingerprint density at radius 1 is 0.800 bits per heavy atom. The van der Waals surface area contributed by atoms with E-state index in [4.69, 9.17) is 0 Å². The molecule has 35 heavy (non-hydrogen) atoms. The maximum absolute atomic E-state index is 13.0. The third-order valence-corrected chi connectivity index (χ3v) is 8.91. The molecule has 2 aliphatic rings. The molecule has 0 atom stereocenters. The van der Waals surface area contributed by atoms with Gasteiger partial charge in [0.2, 0.25) is 10.0 Å². The highest BCUT2D eigenvalue weighted by Crippen LogP contribution is 2.22. The number of aryl methyl sites for hydroxylation is 1. The van der Waals surface area contributed by atoms with E-state index in [9.17, 15) is 13.2 Å². The van der Waals surface area contributed by atoms with Crippen molar-refractivity contribution in [3.63, 3.8) is 0 Å². The minimum Gasteiger partial charge on any atom is -0.336 e. The van der Waals surface area contributed by atoms with Crippen molar-refractivity contribution in [2.24, 2.45) is 0 Å². The Bertz CT molecular complexity index is 1300. The van der Waals surface area contributed by atoms with E-state index in [-0.39, 0.29) is 5.91 Å². The second-order valence-corrected chi connectivity index (χ2v) is 11.4. The van der Waals surface area contributed by atoms with E-state index in [1.807, 2.05) is 31.2 Å². The summed E-state index contributed by atoms with van der Waals surface area (Å²) in [6.45, 7) is 6.16. The van der Waals surface area contributed by atoms with Crippen molar-refractivity contribution in [2.75, 3.05) is 32.7 Å². The molecule has 7 heteroatoms. The molecule has 0 unspecified atom stereocenters. The molecular formula is C28H31N3O3S. The number of fused-ring (bicyclic) bond motifs is 1. The molecule has 1 amide bonds. The van der Waals surface area contributed by atoms with Crippen LogP contribution in [0.4, 0.5) is 0 Å². The van der Waals surface area contributed by atoms with Gasteiger partial charge in [-0.05, 0) is 54.3 Å². The van der Waals surface area contributed by atoms with Gasteiger partial charge in [0.1, 0.15) is 0 Å². The van der Waals surface area contributed by atoms with Crippen LogP contribution < -0.4 is 0 Å². The Morgan fingerprint density at radius 2 is 1.46 bits per heavy atom. The first-order valence-corrected chi connectivity index (χ1v) is 13.6. The van der Waals surface area contributed by atoms with Gasteiger partial charge in [0.15, 0.2) is 0 Å². The molecule has 0 aliphatic carbocycles. The summed E-state index contributed by atoms with van der Waals surface area (Å²) in [5.41, 5.74) is 5.69. The van der Waals surface area contributed by atoms with Crippen molar-refractivity contribution in [3.8, 4) is 0 Å². The van der Waals surface area contributed by atoms with Gasteiger partial charge in [-0.25, -0.2) is 8.42 Å². The summed E-state index contributed by atoms with van der Waals surface area (Å²) in [6, 6.07) is 23.4. The zero-order chi connectivity index (χ0) is 24.4.